The maximum Gasteiger partial charge on any atom is 0.259 e. The van der Waals surface area contributed by atoms with E-state index in [1.165, 1.54) is 28.6 Å². The van der Waals surface area contributed by atoms with Gasteiger partial charge in [-0.3, -0.25) is 9.59 Å². The highest BCUT2D eigenvalue weighted by atomic mass is 35.5. The first-order chi connectivity index (χ1) is 12.6. The second kappa shape index (κ2) is 8.94. The monoisotopic (exact) mass is 428 g/mol. The number of hydrogen-bond donors (Lipinski definition) is 2. The molecule has 1 fully saturated rings. The minimum Gasteiger partial charge on any atom is -0.342 e. The predicted octanol–water partition coefficient (Wildman–Crippen LogP) is 2.47. The predicted molar refractivity (Wildman–Crippen MR) is 114 cm³/mol. The molecule has 2 aliphatic rings. The second-order valence-corrected chi connectivity index (χ2v) is 9.18. The highest BCUT2D eigenvalue weighted by Gasteiger charge is 2.21. The molecule has 3 N–H and O–H groups in total. The number of carbonyl (C=O) groups is 1. The Bertz CT molecular complexity index is 874. The summed E-state index contributed by atoms with van der Waals surface area (Å²) in [6.07, 6.45) is 6.16. The van der Waals surface area contributed by atoms with E-state index in [0.717, 1.165) is 55.4 Å². The summed E-state index contributed by atoms with van der Waals surface area (Å²) >= 11 is 3.17. The molecule has 148 valence electrons. The van der Waals surface area contributed by atoms with Crippen molar-refractivity contribution < 1.29 is 4.79 Å². The van der Waals surface area contributed by atoms with Crippen molar-refractivity contribution in [3.8, 4) is 0 Å². The highest BCUT2D eigenvalue weighted by Crippen LogP contribution is 2.33. The lowest BCUT2D eigenvalue weighted by Gasteiger charge is -2.30. The van der Waals surface area contributed by atoms with Crippen molar-refractivity contribution in [2.45, 2.75) is 50.3 Å². The molecule has 0 radical (unpaired) electrons. The van der Waals surface area contributed by atoms with Crippen LogP contribution in [0.5, 0.6) is 0 Å². The van der Waals surface area contributed by atoms with Crippen molar-refractivity contribution in [3.63, 3.8) is 0 Å². The van der Waals surface area contributed by atoms with E-state index in [4.69, 9.17) is 5.73 Å². The van der Waals surface area contributed by atoms with Gasteiger partial charge in [0.1, 0.15) is 10.7 Å². The van der Waals surface area contributed by atoms with Crippen molar-refractivity contribution in [3.05, 3.63) is 26.6 Å². The number of thioether (sulfide) groups is 1. The van der Waals surface area contributed by atoms with Crippen LogP contribution in [0.2, 0.25) is 0 Å². The van der Waals surface area contributed by atoms with E-state index in [1.54, 1.807) is 11.3 Å². The number of fused-ring (bicyclic) bond motifs is 3. The van der Waals surface area contributed by atoms with E-state index < -0.39 is 0 Å². The van der Waals surface area contributed by atoms with Crippen molar-refractivity contribution in [1.29, 1.82) is 0 Å². The molecule has 1 saturated heterocycles. The first-order valence-corrected chi connectivity index (χ1v) is 11.2. The first kappa shape index (κ1) is 20.6. The fraction of sp³-hybridized carbons (Fsp3) is 0.611. The summed E-state index contributed by atoms with van der Waals surface area (Å²) in [5.74, 6) is 1.78. The number of aryl methyl sites for hydroxylation is 2. The Morgan fingerprint density at radius 2 is 2.04 bits per heavy atom. The van der Waals surface area contributed by atoms with Gasteiger partial charge in [-0.1, -0.05) is 0 Å². The number of piperidine rings is 1. The number of likely N-dealkylation sites (tertiary alicyclic amines) is 1. The third-order valence-electron chi connectivity index (χ3n) is 5.23. The Labute approximate surface area is 172 Å². The van der Waals surface area contributed by atoms with E-state index in [9.17, 15) is 9.59 Å². The molecule has 0 bridgehead atoms. The smallest absolute Gasteiger partial charge is 0.259 e. The first-order valence-electron chi connectivity index (χ1n) is 9.26. The van der Waals surface area contributed by atoms with Gasteiger partial charge in [0, 0.05) is 24.0 Å². The maximum atomic E-state index is 12.5. The van der Waals surface area contributed by atoms with Crippen LogP contribution in [-0.4, -0.2) is 45.7 Å². The van der Waals surface area contributed by atoms with Crippen LogP contribution in [0.15, 0.2) is 4.79 Å². The number of H-pyrrole nitrogens is 1. The quantitative estimate of drug-likeness (QED) is 0.780. The number of carbonyl (C=O) groups excluding carboxylic acids is 1. The Hall–Kier alpha value is -1.09. The van der Waals surface area contributed by atoms with Gasteiger partial charge in [0.25, 0.3) is 5.56 Å². The van der Waals surface area contributed by atoms with E-state index in [-0.39, 0.29) is 29.9 Å². The van der Waals surface area contributed by atoms with Crippen LogP contribution in [0, 0.1) is 0 Å². The molecule has 4 rings (SSSR count). The van der Waals surface area contributed by atoms with Gasteiger partial charge in [-0.25, -0.2) is 4.98 Å². The van der Waals surface area contributed by atoms with Crippen molar-refractivity contribution >= 4 is 51.6 Å². The lowest BCUT2D eigenvalue weighted by molar-refractivity contribution is -0.129. The number of nitrogens with two attached hydrogens (primary N) is 1. The fourth-order valence-electron chi connectivity index (χ4n) is 3.75. The molecule has 0 spiro atoms. The van der Waals surface area contributed by atoms with E-state index in [1.807, 2.05) is 4.90 Å². The van der Waals surface area contributed by atoms with E-state index >= 15 is 0 Å². The van der Waals surface area contributed by atoms with Crippen LogP contribution < -0.4 is 11.3 Å². The van der Waals surface area contributed by atoms with Crippen molar-refractivity contribution in [2.75, 3.05) is 18.8 Å². The summed E-state index contributed by atoms with van der Waals surface area (Å²) in [6.45, 7) is 1.50. The molecule has 0 atom stereocenters. The van der Waals surface area contributed by atoms with Crippen LogP contribution in [0.1, 0.15) is 41.9 Å². The van der Waals surface area contributed by atoms with Gasteiger partial charge in [-0.2, -0.15) is 0 Å². The minimum atomic E-state index is -0.0265. The lowest BCUT2D eigenvalue weighted by atomic mass is 9.97. The van der Waals surface area contributed by atoms with Gasteiger partial charge in [0.05, 0.1) is 16.9 Å². The van der Waals surface area contributed by atoms with E-state index in [0.29, 0.717) is 17.3 Å². The third-order valence-corrected chi connectivity index (χ3v) is 7.35. The average Bonchev–Trinajstić information content (AvgIpc) is 3.01. The van der Waals surface area contributed by atoms with Crippen LogP contribution in [0.25, 0.3) is 10.2 Å². The molecule has 0 unspecified atom stereocenters. The number of nitrogens with one attached hydrogen (secondary N) is 1. The molecule has 27 heavy (non-hydrogen) atoms. The van der Waals surface area contributed by atoms with Gasteiger partial charge in [0.15, 0.2) is 0 Å². The number of aromatic amines is 1. The number of rotatable bonds is 4. The Balaban J connectivity index is 0.00000210. The molecule has 2 aromatic heterocycles. The maximum absolute atomic E-state index is 12.5. The number of amides is 1. The fourth-order valence-corrected chi connectivity index (χ4v) is 5.82. The highest BCUT2D eigenvalue weighted by molar-refractivity contribution is 7.99. The number of hydrogen-bond acceptors (Lipinski definition) is 6. The second-order valence-electron chi connectivity index (χ2n) is 7.11. The molecule has 0 saturated carbocycles. The average molecular weight is 429 g/mol. The van der Waals surface area contributed by atoms with Gasteiger partial charge >= 0.3 is 0 Å². The Kier molecular flexibility index (Phi) is 6.83. The number of halogens is 1. The van der Waals surface area contributed by atoms with E-state index in [2.05, 4.69) is 9.97 Å². The molecule has 1 aliphatic carbocycles. The van der Waals surface area contributed by atoms with Crippen LogP contribution >= 0.6 is 35.5 Å². The SMILES string of the molecule is Cl.NC1CCN(C(=O)CSCc2nc3sc4c(c3c(=O)[nH]2)CCCC4)CC1. The zero-order chi connectivity index (χ0) is 18.1. The lowest BCUT2D eigenvalue weighted by Crippen LogP contribution is -2.43. The summed E-state index contributed by atoms with van der Waals surface area (Å²) in [6, 6.07) is 0.226. The van der Waals surface area contributed by atoms with Gasteiger partial charge in [0.2, 0.25) is 5.91 Å². The molecule has 1 amide bonds. The topological polar surface area (TPSA) is 92.1 Å². The summed E-state index contributed by atoms with van der Waals surface area (Å²) < 4.78 is 0. The van der Waals surface area contributed by atoms with Gasteiger partial charge < -0.3 is 15.6 Å². The zero-order valence-electron chi connectivity index (χ0n) is 15.2. The van der Waals surface area contributed by atoms with Crippen molar-refractivity contribution in [2.24, 2.45) is 5.73 Å². The van der Waals surface area contributed by atoms with Gasteiger partial charge in [-0.15, -0.1) is 35.5 Å². The van der Waals surface area contributed by atoms with Crippen molar-refractivity contribution in [1.82, 2.24) is 14.9 Å². The summed E-state index contributed by atoms with van der Waals surface area (Å²) in [4.78, 5) is 36.5. The molecule has 6 nitrogen and oxygen atoms in total. The standard InChI is InChI=1S/C18H24N4O2S2.ClH/c19-11-5-7-22(8-6-11)15(23)10-25-9-14-20-17(24)16-12-3-1-2-4-13(12)26-18(16)21-14;/h11H,1-10,19H2,(H,20,21,24);1H. The molecule has 3 heterocycles. The molecule has 1 aliphatic heterocycles. The third kappa shape index (κ3) is 4.50. The number of thiophene rings is 1. The van der Waals surface area contributed by atoms with Crippen LogP contribution in [0.4, 0.5) is 0 Å². The zero-order valence-corrected chi connectivity index (χ0v) is 17.6. The summed E-state index contributed by atoms with van der Waals surface area (Å²) in [7, 11) is 0. The van der Waals surface area contributed by atoms with Crippen LogP contribution in [-0.2, 0) is 23.4 Å². The molecule has 9 heteroatoms. The van der Waals surface area contributed by atoms with Gasteiger partial charge in [-0.05, 0) is 44.1 Å². The summed E-state index contributed by atoms with van der Waals surface area (Å²) in [5, 5.41) is 0.791. The molecule has 0 aromatic carbocycles. The Morgan fingerprint density at radius 3 is 2.81 bits per heavy atom. The van der Waals surface area contributed by atoms with Crippen LogP contribution in [0.3, 0.4) is 0 Å². The largest absolute Gasteiger partial charge is 0.342 e. The Morgan fingerprint density at radius 1 is 1.30 bits per heavy atom. The number of nitrogens with zero attached hydrogens (tertiary/aromatic N) is 2. The summed E-state index contributed by atoms with van der Waals surface area (Å²) in [5.41, 5.74) is 7.07. The molecular weight excluding hydrogens is 404 g/mol. The minimum absolute atomic E-state index is 0. The molecule has 2 aromatic rings. The number of aromatic nitrogens is 2. The normalized spacial score (nSPS) is 17.6. The molecular formula is C18H25ClN4O2S2.